The van der Waals surface area contributed by atoms with E-state index in [1.807, 2.05) is 6.92 Å². The van der Waals surface area contributed by atoms with Crippen LogP contribution in [0.3, 0.4) is 0 Å². The highest BCUT2D eigenvalue weighted by Gasteiger charge is 2.24. The summed E-state index contributed by atoms with van der Waals surface area (Å²) in [5.74, 6) is -1.50. The highest BCUT2D eigenvalue weighted by Crippen LogP contribution is 2.36. The topological polar surface area (TPSA) is 102 Å². The number of benzene rings is 2. The molecule has 28 heavy (non-hydrogen) atoms. The molecule has 0 atom stereocenters. The van der Waals surface area contributed by atoms with E-state index in [-0.39, 0.29) is 33.9 Å². The molecule has 2 rings (SSSR count). The van der Waals surface area contributed by atoms with Gasteiger partial charge in [-0.2, -0.15) is 0 Å². The van der Waals surface area contributed by atoms with Gasteiger partial charge in [0.15, 0.2) is 0 Å². The molecule has 0 saturated heterocycles. The third kappa shape index (κ3) is 4.03. The Morgan fingerprint density at radius 1 is 1.00 bits per heavy atom. The first-order valence-electron chi connectivity index (χ1n) is 8.78. The molecule has 0 unspecified atom stereocenters. The number of carbonyl (C=O) groups is 2. The maximum Gasteiger partial charge on any atom is 0.347 e. The van der Waals surface area contributed by atoms with Gasteiger partial charge in [0, 0.05) is 11.6 Å². The maximum absolute atomic E-state index is 12.8. The Kier molecular flexibility index (Phi) is 6.51. The smallest absolute Gasteiger partial charge is 0.347 e. The number of hydrogen-bond acceptors (Lipinski definition) is 7. The predicted octanol–water partition coefficient (Wildman–Crippen LogP) is 3.68. The predicted molar refractivity (Wildman–Crippen MR) is 103 cm³/mol. The maximum atomic E-state index is 12.8. The van der Waals surface area contributed by atoms with Crippen molar-refractivity contribution in [3.63, 3.8) is 0 Å². The minimum atomic E-state index is -0.767. The van der Waals surface area contributed by atoms with E-state index in [1.54, 1.807) is 13.0 Å². The van der Waals surface area contributed by atoms with E-state index in [2.05, 4.69) is 4.74 Å². The van der Waals surface area contributed by atoms with Crippen molar-refractivity contribution in [2.75, 3.05) is 14.2 Å². The van der Waals surface area contributed by atoms with Gasteiger partial charge in [-0.1, -0.05) is 13.3 Å². The lowest BCUT2D eigenvalue weighted by Crippen LogP contribution is -2.14. The Hall–Kier alpha value is -3.22. The van der Waals surface area contributed by atoms with Crippen LogP contribution in [0.25, 0.3) is 0 Å². The zero-order valence-electron chi connectivity index (χ0n) is 16.6. The molecule has 0 heterocycles. The van der Waals surface area contributed by atoms with Crippen molar-refractivity contribution < 1.29 is 34.0 Å². The lowest BCUT2D eigenvalue weighted by molar-refractivity contribution is 0.0596. The van der Waals surface area contributed by atoms with E-state index in [0.717, 1.165) is 6.42 Å². The number of aryl methyl sites for hydroxylation is 2. The first-order valence-corrected chi connectivity index (χ1v) is 8.78. The van der Waals surface area contributed by atoms with Gasteiger partial charge >= 0.3 is 11.9 Å². The number of aromatic hydroxyl groups is 2. The van der Waals surface area contributed by atoms with Crippen molar-refractivity contribution in [3.8, 4) is 23.0 Å². The first kappa shape index (κ1) is 21.1. The molecule has 7 heteroatoms. The van der Waals surface area contributed by atoms with Crippen LogP contribution in [0.5, 0.6) is 23.0 Å². The van der Waals surface area contributed by atoms with Crippen molar-refractivity contribution in [1.82, 2.24) is 0 Å². The third-order valence-corrected chi connectivity index (χ3v) is 4.43. The van der Waals surface area contributed by atoms with Crippen LogP contribution >= 0.6 is 0 Å². The minimum absolute atomic E-state index is 0.0127. The third-order valence-electron chi connectivity index (χ3n) is 4.43. The molecule has 0 saturated carbocycles. The van der Waals surface area contributed by atoms with Gasteiger partial charge in [0.1, 0.15) is 34.1 Å². The molecule has 2 aromatic carbocycles. The van der Waals surface area contributed by atoms with Gasteiger partial charge in [-0.05, 0) is 43.5 Å². The van der Waals surface area contributed by atoms with Crippen LogP contribution in [0.4, 0.5) is 0 Å². The number of esters is 2. The lowest BCUT2D eigenvalue weighted by atomic mass is 10.0. The van der Waals surface area contributed by atoms with Crippen LogP contribution in [0.1, 0.15) is 50.8 Å². The average molecular weight is 388 g/mol. The number of hydrogen-bond donors (Lipinski definition) is 2. The van der Waals surface area contributed by atoms with E-state index in [4.69, 9.17) is 9.47 Å². The number of phenolic OH excluding ortho intramolecular Hbond substituents is 2. The number of carbonyl (C=O) groups excluding carboxylic acids is 2. The summed E-state index contributed by atoms with van der Waals surface area (Å²) < 4.78 is 15.3. The molecule has 0 bridgehead atoms. The summed E-state index contributed by atoms with van der Waals surface area (Å²) in [6.07, 6.45) is 1.29. The van der Waals surface area contributed by atoms with E-state index in [9.17, 15) is 19.8 Å². The van der Waals surface area contributed by atoms with E-state index >= 15 is 0 Å². The summed E-state index contributed by atoms with van der Waals surface area (Å²) in [5.41, 5.74) is 1.25. The Morgan fingerprint density at radius 2 is 1.68 bits per heavy atom. The second-order valence-corrected chi connectivity index (χ2v) is 6.35. The van der Waals surface area contributed by atoms with E-state index in [0.29, 0.717) is 23.3 Å². The Balaban J connectivity index is 2.47. The molecule has 0 aliphatic carbocycles. The number of ether oxygens (including phenoxy) is 3. The van der Waals surface area contributed by atoms with E-state index < -0.39 is 11.9 Å². The van der Waals surface area contributed by atoms with Crippen molar-refractivity contribution in [2.24, 2.45) is 0 Å². The SMILES string of the molecule is CCCc1cc(OC)cc(O)c1C(=O)Oc1cc(C)c(C(=O)OC)c(O)c1C. The van der Waals surface area contributed by atoms with Gasteiger partial charge in [-0.25, -0.2) is 9.59 Å². The Labute approximate surface area is 163 Å². The number of phenols is 2. The van der Waals surface area contributed by atoms with Gasteiger partial charge in [0.05, 0.1) is 14.2 Å². The zero-order chi connectivity index (χ0) is 21.0. The molecular weight excluding hydrogens is 364 g/mol. The van der Waals surface area contributed by atoms with Crippen molar-refractivity contribution in [3.05, 3.63) is 46.0 Å². The lowest BCUT2D eigenvalue weighted by Gasteiger charge is -2.16. The standard InChI is InChI=1S/C21H24O7/c1-6-7-13-9-14(26-4)10-15(22)18(13)21(25)28-16-8-11(2)17(20(24)27-5)19(23)12(16)3/h8-10,22-23H,6-7H2,1-5H3. The van der Waals surface area contributed by atoms with Crippen LogP contribution in [0.2, 0.25) is 0 Å². The molecular formula is C21H24O7. The number of methoxy groups -OCH3 is 2. The first-order chi connectivity index (χ1) is 13.2. The van der Waals surface area contributed by atoms with E-state index in [1.165, 1.54) is 33.3 Å². The normalized spacial score (nSPS) is 10.5. The van der Waals surface area contributed by atoms with Gasteiger partial charge in [0.2, 0.25) is 0 Å². The number of rotatable bonds is 6. The molecule has 7 nitrogen and oxygen atoms in total. The fraction of sp³-hybridized carbons (Fsp3) is 0.333. The summed E-state index contributed by atoms with van der Waals surface area (Å²) in [7, 11) is 2.69. The summed E-state index contributed by atoms with van der Waals surface area (Å²) in [5, 5.41) is 20.7. The molecule has 2 N–H and O–H groups in total. The quantitative estimate of drug-likeness (QED) is 0.575. The largest absolute Gasteiger partial charge is 0.507 e. The zero-order valence-corrected chi connectivity index (χ0v) is 16.6. The molecule has 150 valence electrons. The molecule has 0 aromatic heterocycles. The fourth-order valence-corrected chi connectivity index (χ4v) is 2.96. The highest BCUT2D eigenvalue weighted by atomic mass is 16.5. The van der Waals surface area contributed by atoms with Crippen LogP contribution in [0, 0.1) is 13.8 Å². The second kappa shape index (κ2) is 8.65. The summed E-state index contributed by atoms with van der Waals surface area (Å²) >= 11 is 0. The highest BCUT2D eigenvalue weighted by molar-refractivity contribution is 5.97. The monoisotopic (exact) mass is 388 g/mol. The van der Waals surface area contributed by atoms with Gasteiger partial charge in [-0.15, -0.1) is 0 Å². The van der Waals surface area contributed by atoms with Crippen molar-refractivity contribution in [2.45, 2.75) is 33.6 Å². The van der Waals surface area contributed by atoms with Crippen LogP contribution < -0.4 is 9.47 Å². The fourth-order valence-electron chi connectivity index (χ4n) is 2.96. The van der Waals surface area contributed by atoms with Gasteiger partial charge in [-0.3, -0.25) is 0 Å². The Morgan fingerprint density at radius 3 is 2.25 bits per heavy atom. The minimum Gasteiger partial charge on any atom is -0.507 e. The Bertz CT molecular complexity index is 916. The van der Waals surface area contributed by atoms with Crippen LogP contribution in [-0.2, 0) is 11.2 Å². The summed E-state index contributed by atoms with van der Waals surface area (Å²) in [6, 6.07) is 4.49. The molecule has 0 radical (unpaired) electrons. The van der Waals surface area contributed by atoms with Gasteiger partial charge < -0.3 is 24.4 Å². The molecule has 0 fully saturated rings. The van der Waals surface area contributed by atoms with Crippen LogP contribution in [-0.4, -0.2) is 36.4 Å². The van der Waals surface area contributed by atoms with Crippen molar-refractivity contribution in [1.29, 1.82) is 0 Å². The van der Waals surface area contributed by atoms with Crippen LogP contribution in [0.15, 0.2) is 18.2 Å². The summed E-state index contributed by atoms with van der Waals surface area (Å²) in [4.78, 5) is 24.6. The van der Waals surface area contributed by atoms with Gasteiger partial charge in [0.25, 0.3) is 0 Å². The molecule has 0 aliphatic rings. The second-order valence-electron chi connectivity index (χ2n) is 6.35. The molecule has 0 amide bonds. The molecule has 0 spiro atoms. The van der Waals surface area contributed by atoms with Crippen molar-refractivity contribution >= 4 is 11.9 Å². The average Bonchev–Trinajstić information content (AvgIpc) is 2.65. The molecule has 0 aliphatic heterocycles. The summed E-state index contributed by atoms with van der Waals surface area (Å²) in [6.45, 7) is 5.06. The molecule has 2 aromatic rings.